The lowest BCUT2D eigenvalue weighted by Crippen LogP contribution is -2.32. The zero-order valence-electron chi connectivity index (χ0n) is 10.3. The van der Waals surface area contributed by atoms with Gasteiger partial charge in [-0.05, 0) is 24.5 Å². The van der Waals surface area contributed by atoms with Crippen LogP contribution in [0.25, 0.3) is 0 Å². The highest BCUT2D eigenvalue weighted by Crippen LogP contribution is 2.15. The molecule has 1 aromatic rings. The van der Waals surface area contributed by atoms with Crippen LogP contribution in [0.5, 0.6) is 0 Å². The molecule has 0 aromatic heterocycles. The minimum absolute atomic E-state index is 0.200. The van der Waals surface area contributed by atoms with Crippen LogP contribution in [0.4, 0.5) is 0 Å². The minimum Gasteiger partial charge on any atom is -0.210 e. The van der Waals surface area contributed by atoms with Crippen molar-refractivity contribution in [2.45, 2.75) is 31.0 Å². The van der Waals surface area contributed by atoms with Crippen molar-refractivity contribution < 1.29 is 8.42 Å². The number of halogens is 1. The first-order valence-electron chi connectivity index (χ1n) is 5.54. The van der Waals surface area contributed by atoms with Crippen molar-refractivity contribution in [1.82, 2.24) is 4.72 Å². The SMILES string of the molecule is Cc1ccccc1S(=O)(=O)NCC(Cl)C(C)C. The maximum Gasteiger partial charge on any atom is 0.240 e. The molecule has 1 rings (SSSR count). The van der Waals surface area contributed by atoms with Crippen molar-refractivity contribution >= 4 is 21.6 Å². The predicted molar refractivity (Wildman–Crippen MR) is 70.8 cm³/mol. The van der Waals surface area contributed by atoms with Gasteiger partial charge in [0, 0.05) is 11.9 Å². The second kappa shape index (κ2) is 5.85. The Balaban J connectivity index is 2.80. The summed E-state index contributed by atoms with van der Waals surface area (Å²) in [5.74, 6) is 0.233. The zero-order valence-corrected chi connectivity index (χ0v) is 11.8. The minimum atomic E-state index is -3.45. The van der Waals surface area contributed by atoms with E-state index < -0.39 is 10.0 Å². The smallest absolute Gasteiger partial charge is 0.210 e. The first kappa shape index (κ1) is 14.5. The summed E-state index contributed by atoms with van der Waals surface area (Å²) >= 11 is 6.02. The number of hydrogen-bond acceptors (Lipinski definition) is 2. The second-order valence-corrected chi connectivity index (χ2v) is 6.67. The Labute approximate surface area is 108 Å². The van der Waals surface area contributed by atoms with Gasteiger partial charge < -0.3 is 0 Å². The van der Waals surface area contributed by atoms with Gasteiger partial charge in [0.15, 0.2) is 0 Å². The summed E-state index contributed by atoms with van der Waals surface area (Å²) in [7, 11) is -3.45. The molecule has 3 nitrogen and oxygen atoms in total. The van der Waals surface area contributed by atoms with E-state index in [4.69, 9.17) is 11.6 Å². The topological polar surface area (TPSA) is 46.2 Å². The van der Waals surface area contributed by atoms with Crippen molar-refractivity contribution in [3.63, 3.8) is 0 Å². The van der Waals surface area contributed by atoms with Crippen LogP contribution in [0.3, 0.4) is 0 Å². The number of rotatable bonds is 5. The van der Waals surface area contributed by atoms with Gasteiger partial charge in [0.2, 0.25) is 10.0 Å². The number of nitrogens with one attached hydrogen (secondary N) is 1. The molecule has 5 heteroatoms. The van der Waals surface area contributed by atoms with E-state index in [0.717, 1.165) is 5.56 Å². The Bertz CT molecular complexity index is 471. The Hall–Kier alpha value is -0.580. The Morgan fingerprint density at radius 2 is 1.88 bits per heavy atom. The molecule has 0 amide bonds. The maximum absolute atomic E-state index is 12.0. The Morgan fingerprint density at radius 1 is 1.29 bits per heavy atom. The lowest BCUT2D eigenvalue weighted by Gasteiger charge is -2.15. The molecule has 1 atom stereocenters. The third-order valence-corrected chi connectivity index (χ3v) is 4.82. The summed E-state index contributed by atoms with van der Waals surface area (Å²) in [6.07, 6.45) is 0. The number of alkyl halides is 1. The van der Waals surface area contributed by atoms with Gasteiger partial charge in [0.05, 0.1) is 4.90 Å². The molecule has 1 aromatic carbocycles. The predicted octanol–water partition coefficient (Wildman–Crippen LogP) is 2.54. The van der Waals surface area contributed by atoms with Gasteiger partial charge in [-0.25, -0.2) is 13.1 Å². The first-order chi connectivity index (χ1) is 7.84. The molecule has 1 unspecified atom stereocenters. The first-order valence-corrected chi connectivity index (χ1v) is 7.46. The molecule has 0 fully saturated rings. The van der Waals surface area contributed by atoms with Crippen LogP contribution in [0.1, 0.15) is 19.4 Å². The summed E-state index contributed by atoms with van der Waals surface area (Å²) < 4.78 is 26.6. The maximum atomic E-state index is 12.0. The summed E-state index contributed by atoms with van der Waals surface area (Å²) in [6.45, 7) is 5.94. The largest absolute Gasteiger partial charge is 0.240 e. The molecular weight excluding hydrogens is 258 g/mol. The highest BCUT2D eigenvalue weighted by Gasteiger charge is 2.18. The molecule has 0 aliphatic carbocycles. The van der Waals surface area contributed by atoms with E-state index in [-0.39, 0.29) is 17.8 Å². The van der Waals surface area contributed by atoms with Gasteiger partial charge in [-0.2, -0.15) is 0 Å². The lowest BCUT2D eigenvalue weighted by atomic mass is 10.1. The van der Waals surface area contributed by atoms with Crippen molar-refractivity contribution in [1.29, 1.82) is 0 Å². The van der Waals surface area contributed by atoms with Crippen molar-refractivity contribution in [2.24, 2.45) is 5.92 Å². The van der Waals surface area contributed by atoms with Crippen LogP contribution < -0.4 is 4.72 Å². The van der Waals surface area contributed by atoms with Gasteiger partial charge in [0.1, 0.15) is 0 Å². The van der Waals surface area contributed by atoms with E-state index >= 15 is 0 Å². The number of aryl methyl sites for hydroxylation is 1. The standard InChI is InChI=1S/C12H18ClNO2S/c1-9(2)11(13)8-14-17(15,16)12-7-5-4-6-10(12)3/h4-7,9,11,14H,8H2,1-3H3. The van der Waals surface area contributed by atoms with Crippen LogP contribution in [0.2, 0.25) is 0 Å². The third kappa shape index (κ3) is 3.98. The number of hydrogen-bond donors (Lipinski definition) is 1. The van der Waals surface area contributed by atoms with E-state index in [1.165, 1.54) is 0 Å². The molecular formula is C12H18ClNO2S. The molecule has 0 aliphatic rings. The van der Waals surface area contributed by atoms with Crippen molar-refractivity contribution in [3.8, 4) is 0 Å². The van der Waals surface area contributed by atoms with Gasteiger partial charge >= 0.3 is 0 Å². The van der Waals surface area contributed by atoms with Crippen LogP contribution in [0, 0.1) is 12.8 Å². The number of benzene rings is 1. The van der Waals surface area contributed by atoms with Gasteiger partial charge in [-0.3, -0.25) is 0 Å². The highest BCUT2D eigenvalue weighted by atomic mass is 35.5. The molecule has 0 aliphatic heterocycles. The molecule has 0 saturated carbocycles. The Morgan fingerprint density at radius 3 is 2.41 bits per heavy atom. The van der Waals surface area contributed by atoms with Crippen LogP contribution in [-0.4, -0.2) is 20.3 Å². The van der Waals surface area contributed by atoms with E-state index in [9.17, 15) is 8.42 Å². The zero-order chi connectivity index (χ0) is 13.1. The molecule has 0 radical (unpaired) electrons. The molecule has 17 heavy (non-hydrogen) atoms. The highest BCUT2D eigenvalue weighted by molar-refractivity contribution is 7.89. The third-order valence-electron chi connectivity index (χ3n) is 2.57. The fourth-order valence-corrected chi connectivity index (χ4v) is 2.83. The summed E-state index contributed by atoms with van der Waals surface area (Å²) in [5, 5.41) is -0.200. The average Bonchev–Trinajstić information content (AvgIpc) is 2.26. The van der Waals surface area contributed by atoms with E-state index in [1.807, 2.05) is 19.9 Å². The quantitative estimate of drug-likeness (QED) is 0.840. The van der Waals surface area contributed by atoms with Crippen molar-refractivity contribution in [2.75, 3.05) is 6.54 Å². The normalized spacial score (nSPS) is 13.9. The lowest BCUT2D eigenvalue weighted by molar-refractivity contribution is 0.556. The van der Waals surface area contributed by atoms with E-state index in [1.54, 1.807) is 25.1 Å². The van der Waals surface area contributed by atoms with Gasteiger partial charge in [-0.15, -0.1) is 11.6 Å². The molecule has 96 valence electrons. The van der Waals surface area contributed by atoms with Crippen molar-refractivity contribution in [3.05, 3.63) is 29.8 Å². The Kier molecular flexibility index (Phi) is 4.98. The second-order valence-electron chi connectivity index (χ2n) is 4.38. The molecule has 0 spiro atoms. The van der Waals surface area contributed by atoms with E-state index in [2.05, 4.69) is 4.72 Å². The molecule has 0 heterocycles. The van der Waals surface area contributed by atoms with Crippen LogP contribution >= 0.6 is 11.6 Å². The van der Waals surface area contributed by atoms with Crippen LogP contribution in [0.15, 0.2) is 29.2 Å². The fourth-order valence-electron chi connectivity index (χ4n) is 1.36. The van der Waals surface area contributed by atoms with Gasteiger partial charge in [-0.1, -0.05) is 32.0 Å². The van der Waals surface area contributed by atoms with Gasteiger partial charge in [0.25, 0.3) is 0 Å². The number of sulfonamides is 1. The molecule has 0 saturated heterocycles. The average molecular weight is 276 g/mol. The van der Waals surface area contributed by atoms with E-state index in [0.29, 0.717) is 4.90 Å². The molecule has 0 bridgehead atoms. The molecule has 1 N–H and O–H groups in total. The summed E-state index contributed by atoms with van der Waals surface area (Å²) in [4.78, 5) is 0.313. The summed E-state index contributed by atoms with van der Waals surface area (Å²) in [6, 6.07) is 6.89. The summed E-state index contributed by atoms with van der Waals surface area (Å²) in [5.41, 5.74) is 0.732. The monoisotopic (exact) mass is 275 g/mol. The van der Waals surface area contributed by atoms with Crippen LogP contribution in [-0.2, 0) is 10.0 Å². The fraction of sp³-hybridized carbons (Fsp3) is 0.500.